The van der Waals surface area contributed by atoms with Gasteiger partial charge in [0.05, 0.1) is 10.7 Å². The zero-order valence-corrected chi connectivity index (χ0v) is 13.2. The molecule has 0 bridgehead atoms. The summed E-state index contributed by atoms with van der Waals surface area (Å²) in [5.74, 6) is -0.487. The number of amides is 2. The van der Waals surface area contributed by atoms with Crippen molar-refractivity contribution in [1.82, 2.24) is 20.8 Å². The third-order valence-electron chi connectivity index (χ3n) is 3.81. The van der Waals surface area contributed by atoms with Gasteiger partial charge in [-0.3, -0.25) is 14.7 Å². The minimum Gasteiger partial charge on any atom is -0.354 e. The van der Waals surface area contributed by atoms with E-state index in [4.69, 9.17) is 11.6 Å². The van der Waals surface area contributed by atoms with E-state index in [0.717, 1.165) is 18.4 Å². The molecule has 0 aliphatic carbocycles. The van der Waals surface area contributed by atoms with Gasteiger partial charge in [0.15, 0.2) is 0 Å². The van der Waals surface area contributed by atoms with E-state index in [0.29, 0.717) is 29.4 Å². The Morgan fingerprint density at radius 2 is 2.13 bits per heavy atom. The average Bonchev–Trinajstić information content (AvgIpc) is 2.95. The van der Waals surface area contributed by atoms with Gasteiger partial charge in [-0.1, -0.05) is 29.8 Å². The minimum atomic E-state index is -0.503. The Hall–Kier alpha value is -2.34. The van der Waals surface area contributed by atoms with Gasteiger partial charge < -0.3 is 10.6 Å². The van der Waals surface area contributed by atoms with Crippen LogP contribution in [0.15, 0.2) is 30.3 Å². The second kappa shape index (κ2) is 6.83. The molecule has 1 aromatic carbocycles. The molecular weight excluding hydrogens is 316 g/mol. The molecule has 1 aromatic heterocycles. The van der Waals surface area contributed by atoms with Gasteiger partial charge in [-0.25, -0.2) is 0 Å². The Morgan fingerprint density at radius 1 is 1.30 bits per heavy atom. The Kier molecular flexibility index (Phi) is 4.62. The molecule has 0 radical (unpaired) electrons. The monoisotopic (exact) mass is 332 g/mol. The summed E-state index contributed by atoms with van der Waals surface area (Å²) in [5.41, 5.74) is 1.64. The molecule has 1 fully saturated rings. The SMILES string of the molecule is O=C(N[C@@H]1CCCCNC1=O)c1cc(-c2ccccc2Cl)n[nH]1. The van der Waals surface area contributed by atoms with E-state index in [2.05, 4.69) is 20.8 Å². The summed E-state index contributed by atoms with van der Waals surface area (Å²) in [6, 6.07) is 8.41. The third-order valence-corrected chi connectivity index (χ3v) is 4.14. The van der Waals surface area contributed by atoms with Crippen LogP contribution in [0.4, 0.5) is 0 Å². The van der Waals surface area contributed by atoms with Gasteiger partial charge in [-0.05, 0) is 31.4 Å². The number of hydrogen-bond donors (Lipinski definition) is 3. The van der Waals surface area contributed by atoms with E-state index in [1.807, 2.05) is 18.2 Å². The third kappa shape index (κ3) is 3.53. The van der Waals surface area contributed by atoms with E-state index in [1.54, 1.807) is 12.1 Å². The highest BCUT2D eigenvalue weighted by Crippen LogP contribution is 2.26. The lowest BCUT2D eigenvalue weighted by atomic mass is 10.1. The highest BCUT2D eigenvalue weighted by molar-refractivity contribution is 6.33. The Labute approximate surface area is 138 Å². The van der Waals surface area contributed by atoms with E-state index in [-0.39, 0.29) is 11.8 Å². The Bertz CT molecular complexity index is 728. The summed E-state index contributed by atoms with van der Waals surface area (Å²) in [7, 11) is 0. The Balaban J connectivity index is 1.74. The predicted molar refractivity (Wildman–Crippen MR) is 87.1 cm³/mol. The molecule has 1 aliphatic rings. The fraction of sp³-hybridized carbons (Fsp3) is 0.312. The van der Waals surface area contributed by atoms with Gasteiger partial charge in [-0.2, -0.15) is 5.10 Å². The summed E-state index contributed by atoms with van der Waals surface area (Å²) < 4.78 is 0. The molecule has 1 saturated heterocycles. The molecule has 3 N–H and O–H groups in total. The standard InChI is InChI=1S/C16H17ClN4O2/c17-11-6-2-1-5-10(11)13-9-14(21-20-13)16(23)19-12-7-3-4-8-18-15(12)22/h1-2,5-6,9,12H,3-4,7-8H2,(H,18,22)(H,19,23)(H,20,21)/t12-/m1/s1. The smallest absolute Gasteiger partial charge is 0.269 e. The number of nitrogens with zero attached hydrogens (tertiary/aromatic N) is 1. The number of hydrogen-bond acceptors (Lipinski definition) is 3. The molecule has 6 nitrogen and oxygen atoms in total. The highest BCUT2D eigenvalue weighted by atomic mass is 35.5. The van der Waals surface area contributed by atoms with Crippen LogP contribution >= 0.6 is 11.6 Å². The quantitative estimate of drug-likeness (QED) is 0.804. The van der Waals surface area contributed by atoms with Crippen molar-refractivity contribution in [2.75, 3.05) is 6.54 Å². The largest absolute Gasteiger partial charge is 0.354 e. The van der Waals surface area contributed by atoms with Gasteiger partial charge in [0, 0.05) is 12.1 Å². The number of rotatable bonds is 3. The first-order valence-electron chi connectivity index (χ1n) is 7.54. The van der Waals surface area contributed by atoms with Crippen LogP contribution in [0.1, 0.15) is 29.8 Å². The topological polar surface area (TPSA) is 86.9 Å². The number of nitrogens with one attached hydrogen (secondary N) is 3. The summed E-state index contributed by atoms with van der Waals surface area (Å²) in [4.78, 5) is 24.2. The predicted octanol–water partition coefficient (Wildman–Crippen LogP) is 2.13. The van der Waals surface area contributed by atoms with Crippen molar-refractivity contribution in [3.8, 4) is 11.3 Å². The van der Waals surface area contributed by atoms with Crippen LogP contribution in [-0.4, -0.2) is 34.6 Å². The number of carbonyl (C=O) groups is 2. The van der Waals surface area contributed by atoms with E-state index in [9.17, 15) is 9.59 Å². The van der Waals surface area contributed by atoms with Gasteiger partial charge >= 0.3 is 0 Å². The van der Waals surface area contributed by atoms with Crippen LogP contribution in [0.25, 0.3) is 11.3 Å². The lowest BCUT2D eigenvalue weighted by molar-refractivity contribution is -0.122. The lowest BCUT2D eigenvalue weighted by Crippen LogP contribution is -2.45. The first-order chi connectivity index (χ1) is 11.1. The van der Waals surface area contributed by atoms with Crippen LogP contribution < -0.4 is 10.6 Å². The molecule has 2 amide bonds. The van der Waals surface area contributed by atoms with Crippen molar-refractivity contribution in [3.63, 3.8) is 0 Å². The van der Waals surface area contributed by atoms with Crippen molar-refractivity contribution < 1.29 is 9.59 Å². The lowest BCUT2D eigenvalue weighted by Gasteiger charge is -2.14. The molecule has 0 saturated carbocycles. The molecule has 120 valence electrons. The van der Waals surface area contributed by atoms with Crippen molar-refractivity contribution in [2.24, 2.45) is 0 Å². The summed E-state index contributed by atoms with van der Waals surface area (Å²) in [5, 5.41) is 12.9. The maximum Gasteiger partial charge on any atom is 0.269 e. The van der Waals surface area contributed by atoms with Crippen LogP contribution in [0.2, 0.25) is 5.02 Å². The minimum absolute atomic E-state index is 0.137. The molecule has 3 rings (SSSR count). The van der Waals surface area contributed by atoms with Crippen LogP contribution in [0.5, 0.6) is 0 Å². The number of H-pyrrole nitrogens is 1. The normalized spacial score (nSPS) is 18.1. The molecule has 0 spiro atoms. The Morgan fingerprint density at radius 3 is 2.96 bits per heavy atom. The zero-order chi connectivity index (χ0) is 16.2. The average molecular weight is 333 g/mol. The first-order valence-corrected chi connectivity index (χ1v) is 7.92. The molecular formula is C16H17ClN4O2. The number of aromatic amines is 1. The zero-order valence-electron chi connectivity index (χ0n) is 12.4. The molecule has 0 unspecified atom stereocenters. The summed E-state index contributed by atoms with van der Waals surface area (Å²) in [6.07, 6.45) is 2.47. The number of benzene rings is 1. The fourth-order valence-electron chi connectivity index (χ4n) is 2.56. The molecule has 2 heterocycles. The van der Waals surface area contributed by atoms with Gasteiger partial charge in [0.1, 0.15) is 11.7 Å². The van der Waals surface area contributed by atoms with E-state index < -0.39 is 6.04 Å². The maximum atomic E-state index is 12.3. The molecule has 1 aliphatic heterocycles. The second-order valence-electron chi connectivity index (χ2n) is 5.46. The summed E-state index contributed by atoms with van der Waals surface area (Å²) in [6.45, 7) is 0.659. The van der Waals surface area contributed by atoms with Gasteiger partial charge in [0.2, 0.25) is 5.91 Å². The van der Waals surface area contributed by atoms with Gasteiger partial charge in [-0.15, -0.1) is 0 Å². The maximum absolute atomic E-state index is 12.3. The van der Waals surface area contributed by atoms with Gasteiger partial charge in [0.25, 0.3) is 5.91 Å². The number of carbonyl (C=O) groups excluding carboxylic acids is 2. The second-order valence-corrected chi connectivity index (χ2v) is 5.87. The molecule has 2 aromatic rings. The van der Waals surface area contributed by atoms with Crippen LogP contribution in [0.3, 0.4) is 0 Å². The molecule has 1 atom stereocenters. The van der Waals surface area contributed by atoms with Crippen molar-refractivity contribution in [1.29, 1.82) is 0 Å². The number of halogens is 1. The van der Waals surface area contributed by atoms with Crippen LogP contribution in [0, 0.1) is 0 Å². The van der Waals surface area contributed by atoms with Crippen LogP contribution in [-0.2, 0) is 4.79 Å². The number of aromatic nitrogens is 2. The first kappa shape index (κ1) is 15.6. The van der Waals surface area contributed by atoms with Crippen molar-refractivity contribution in [3.05, 3.63) is 41.0 Å². The van der Waals surface area contributed by atoms with Crippen molar-refractivity contribution in [2.45, 2.75) is 25.3 Å². The molecule has 7 heteroatoms. The van der Waals surface area contributed by atoms with E-state index in [1.165, 1.54) is 0 Å². The fourth-order valence-corrected chi connectivity index (χ4v) is 2.79. The highest BCUT2D eigenvalue weighted by Gasteiger charge is 2.23. The molecule has 23 heavy (non-hydrogen) atoms. The summed E-state index contributed by atoms with van der Waals surface area (Å²) >= 11 is 6.13. The van der Waals surface area contributed by atoms with Crippen molar-refractivity contribution >= 4 is 23.4 Å². The van der Waals surface area contributed by atoms with E-state index >= 15 is 0 Å².